The molecule has 0 aromatic carbocycles. The van der Waals surface area contributed by atoms with Crippen LogP contribution in [0, 0.1) is 11.8 Å². The van der Waals surface area contributed by atoms with Gasteiger partial charge in [-0.05, 0) is 12.8 Å². The van der Waals surface area contributed by atoms with Crippen molar-refractivity contribution in [2.45, 2.75) is 53.1 Å². The first-order chi connectivity index (χ1) is 7.94. The van der Waals surface area contributed by atoms with E-state index in [9.17, 15) is 9.36 Å². The van der Waals surface area contributed by atoms with Crippen molar-refractivity contribution in [3.63, 3.8) is 0 Å². The van der Waals surface area contributed by atoms with E-state index < -0.39 is 13.1 Å². The van der Waals surface area contributed by atoms with Gasteiger partial charge in [-0.2, -0.15) is 0 Å². The van der Waals surface area contributed by atoms with E-state index >= 15 is 0 Å². The first-order valence-corrected chi connectivity index (χ1v) is 7.96. The van der Waals surface area contributed by atoms with Crippen LogP contribution in [0.25, 0.3) is 0 Å². The molecule has 0 bridgehead atoms. The van der Waals surface area contributed by atoms with Gasteiger partial charge in [-0.25, -0.2) is 0 Å². The van der Waals surface area contributed by atoms with E-state index in [1.165, 1.54) is 0 Å². The third-order valence-corrected chi connectivity index (χ3v) is 5.21. The first-order valence-electron chi connectivity index (χ1n) is 6.42. The van der Waals surface area contributed by atoms with Crippen LogP contribution in [0.4, 0.5) is 0 Å². The lowest BCUT2D eigenvalue weighted by atomic mass is 9.97. The molecule has 5 heteroatoms. The molecule has 17 heavy (non-hydrogen) atoms. The molecule has 1 aliphatic heterocycles. The van der Waals surface area contributed by atoms with Crippen LogP contribution in [-0.4, -0.2) is 18.2 Å². The maximum absolute atomic E-state index is 12.3. The number of rotatable bonds is 5. The van der Waals surface area contributed by atoms with Crippen LogP contribution in [0.5, 0.6) is 0 Å². The first kappa shape index (κ1) is 14.9. The molecule has 0 saturated carbocycles. The Morgan fingerprint density at radius 2 is 2.06 bits per heavy atom. The van der Waals surface area contributed by atoms with Crippen LogP contribution in [0.1, 0.15) is 47.0 Å². The van der Waals surface area contributed by atoms with E-state index in [1.54, 1.807) is 13.8 Å². The molecule has 4 nitrogen and oxygen atoms in total. The Bertz CT molecular complexity index is 314. The summed E-state index contributed by atoms with van der Waals surface area (Å²) in [4.78, 5) is 11.9. The van der Waals surface area contributed by atoms with E-state index in [0.29, 0.717) is 6.61 Å². The van der Waals surface area contributed by atoms with Crippen molar-refractivity contribution in [2.24, 2.45) is 11.8 Å². The topological polar surface area (TPSA) is 52.6 Å². The molecule has 0 amide bonds. The van der Waals surface area contributed by atoms with E-state index in [1.807, 2.05) is 0 Å². The van der Waals surface area contributed by atoms with Crippen molar-refractivity contribution in [1.82, 2.24) is 0 Å². The molecule has 1 rings (SSSR count). The zero-order chi connectivity index (χ0) is 13.1. The fourth-order valence-electron chi connectivity index (χ4n) is 1.98. The Morgan fingerprint density at radius 1 is 1.41 bits per heavy atom. The molecule has 3 atom stereocenters. The van der Waals surface area contributed by atoms with Gasteiger partial charge in [-0.15, -0.1) is 0 Å². The molecule has 0 aromatic heterocycles. The quantitative estimate of drug-likeness (QED) is 0.710. The number of hydrogen-bond acceptors (Lipinski definition) is 4. The average molecular weight is 262 g/mol. The smallest absolute Gasteiger partial charge is 0.303 e. The van der Waals surface area contributed by atoms with Gasteiger partial charge in [0.25, 0.3) is 0 Å². The molecule has 1 heterocycles. The van der Waals surface area contributed by atoms with Crippen LogP contribution in [0.3, 0.4) is 0 Å². The molecular formula is C12H23O4P. The lowest BCUT2D eigenvalue weighted by Crippen LogP contribution is -2.33. The van der Waals surface area contributed by atoms with Gasteiger partial charge in [0.15, 0.2) is 0 Å². The minimum Gasteiger partial charge on any atom is -0.303 e. The fourth-order valence-corrected chi connectivity index (χ4v) is 3.93. The summed E-state index contributed by atoms with van der Waals surface area (Å²) in [5.74, 6) is -0.0710. The van der Waals surface area contributed by atoms with Gasteiger partial charge in [-0.1, -0.05) is 34.1 Å². The zero-order valence-corrected chi connectivity index (χ0v) is 12.0. The molecule has 0 N–H and O–H groups in total. The van der Waals surface area contributed by atoms with Crippen LogP contribution in [-0.2, 0) is 18.4 Å². The Kier molecular flexibility index (Phi) is 5.36. The highest BCUT2D eigenvalue weighted by molar-refractivity contribution is 7.71. The molecule has 0 aliphatic carbocycles. The van der Waals surface area contributed by atoms with Crippen LogP contribution in [0.15, 0.2) is 0 Å². The average Bonchev–Trinajstić information content (AvgIpc) is 2.29. The van der Waals surface area contributed by atoms with Gasteiger partial charge in [0, 0.05) is 11.8 Å². The second kappa shape index (κ2) is 6.12. The van der Waals surface area contributed by atoms with Gasteiger partial charge in [0.1, 0.15) is 0 Å². The van der Waals surface area contributed by atoms with Gasteiger partial charge < -0.3 is 4.52 Å². The van der Waals surface area contributed by atoms with E-state index in [4.69, 9.17) is 9.05 Å². The fraction of sp³-hybridized carbons (Fsp3) is 0.917. The molecule has 100 valence electrons. The Hall–Kier alpha value is -0.180. The molecule has 0 spiro atoms. The summed E-state index contributed by atoms with van der Waals surface area (Å²) in [5, 5.41) is 0. The highest BCUT2D eigenvalue weighted by Crippen LogP contribution is 2.56. The third kappa shape index (κ3) is 3.40. The Balaban J connectivity index is 2.80. The van der Waals surface area contributed by atoms with Crippen molar-refractivity contribution < 1.29 is 18.4 Å². The standard InChI is InChI=1S/C12H23O4P/c1-5-7-11-10(6-2)8-15-17(14,16-11)12(13)9(3)4/h9-11H,5-8H2,1-4H3. The van der Waals surface area contributed by atoms with Crippen molar-refractivity contribution in [2.75, 3.05) is 6.61 Å². The molecule has 1 saturated heterocycles. The largest absolute Gasteiger partial charge is 0.397 e. The van der Waals surface area contributed by atoms with E-state index in [-0.39, 0.29) is 17.9 Å². The third-order valence-electron chi connectivity index (χ3n) is 3.12. The minimum absolute atomic E-state index is 0.104. The highest BCUT2D eigenvalue weighted by atomic mass is 31.2. The minimum atomic E-state index is -3.54. The number of carbonyl (C=O) groups is 1. The summed E-state index contributed by atoms with van der Waals surface area (Å²) in [5.41, 5.74) is -0.395. The Labute approximate surface area is 104 Å². The molecule has 1 aliphatic rings. The summed E-state index contributed by atoms with van der Waals surface area (Å²) in [6, 6.07) is 0. The van der Waals surface area contributed by atoms with Crippen LogP contribution < -0.4 is 0 Å². The van der Waals surface area contributed by atoms with Gasteiger partial charge in [0.05, 0.1) is 12.7 Å². The lowest BCUT2D eigenvalue weighted by Gasteiger charge is -2.35. The normalized spacial score (nSPS) is 33.9. The molecule has 1 fully saturated rings. The second-order valence-electron chi connectivity index (χ2n) is 4.89. The summed E-state index contributed by atoms with van der Waals surface area (Å²) in [7, 11) is -3.54. The number of hydrogen-bond donors (Lipinski definition) is 0. The maximum atomic E-state index is 12.3. The summed E-state index contributed by atoms with van der Waals surface area (Å²) >= 11 is 0. The predicted octanol–water partition coefficient (Wildman–Crippen LogP) is 3.60. The summed E-state index contributed by atoms with van der Waals surface area (Å²) < 4.78 is 23.1. The van der Waals surface area contributed by atoms with Gasteiger partial charge in [0.2, 0.25) is 5.52 Å². The monoisotopic (exact) mass is 262 g/mol. The lowest BCUT2D eigenvalue weighted by molar-refractivity contribution is -0.118. The second-order valence-corrected chi connectivity index (χ2v) is 6.79. The molecule has 3 unspecified atom stereocenters. The highest BCUT2D eigenvalue weighted by Gasteiger charge is 2.44. The van der Waals surface area contributed by atoms with Crippen molar-refractivity contribution in [3.05, 3.63) is 0 Å². The van der Waals surface area contributed by atoms with E-state index in [2.05, 4.69) is 13.8 Å². The molecule has 0 radical (unpaired) electrons. The van der Waals surface area contributed by atoms with Gasteiger partial charge >= 0.3 is 7.60 Å². The predicted molar refractivity (Wildman–Crippen MR) is 67.0 cm³/mol. The van der Waals surface area contributed by atoms with E-state index in [0.717, 1.165) is 19.3 Å². The Morgan fingerprint density at radius 3 is 2.53 bits per heavy atom. The number of carbonyl (C=O) groups excluding carboxylic acids is 1. The van der Waals surface area contributed by atoms with Crippen molar-refractivity contribution in [1.29, 1.82) is 0 Å². The summed E-state index contributed by atoms with van der Waals surface area (Å²) in [6.07, 6.45) is 2.60. The summed E-state index contributed by atoms with van der Waals surface area (Å²) in [6.45, 7) is 7.92. The van der Waals surface area contributed by atoms with Crippen LogP contribution in [0.2, 0.25) is 0 Å². The van der Waals surface area contributed by atoms with Crippen LogP contribution >= 0.6 is 7.60 Å². The SMILES string of the molecule is CCCC1OP(=O)(C(=O)C(C)C)OCC1CC. The molecular weight excluding hydrogens is 239 g/mol. The van der Waals surface area contributed by atoms with Crippen molar-refractivity contribution in [3.8, 4) is 0 Å². The zero-order valence-electron chi connectivity index (χ0n) is 11.1. The van der Waals surface area contributed by atoms with Gasteiger partial charge in [-0.3, -0.25) is 13.9 Å². The molecule has 0 aromatic rings. The maximum Gasteiger partial charge on any atom is 0.397 e. The van der Waals surface area contributed by atoms with Crippen molar-refractivity contribution >= 4 is 13.1 Å².